The number of carbonyl (C=O) groups is 1. The van der Waals surface area contributed by atoms with Gasteiger partial charge in [0.25, 0.3) is 5.91 Å². The van der Waals surface area contributed by atoms with Crippen LogP contribution in [0, 0.1) is 6.92 Å². The van der Waals surface area contributed by atoms with Crippen molar-refractivity contribution in [2.75, 3.05) is 7.05 Å². The predicted octanol–water partition coefficient (Wildman–Crippen LogP) is 3.56. The first kappa shape index (κ1) is 16.8. The van der Waals surface area contributed by atoms with Gasteiger partial charge in [-0.3, -0.25) is 4.79 Å². The van der Waals surface area contributed by atoms with Gasteiger partial charge in [-0.2, -0.15) is 0 Å². The Balaban J connectivity index is 2.02. The lowest BCUT2D eigenvalue weighted by atomic mass is 10.2. The van der Waals surface area contributed by atoms with Crippen molar-refractivity contribution in [2.45, 2.75) is 19.8 Å². The quantitative estimate of drug-likeness (QED) is 0.863. The highest BCUT2D eigenvalue weighted by Gasteiger charge is 2.30. The zero-order valence-corrected chi connectivity index (χ0v) is 12.6. The molecule has 0 fully saturated rings. The Morgan fingerprint density at radius 1 is 1.17 bits per heavy atom. The molecule has 0 radical (unpaired) electrons. The smallest absolute Gasteiger partial charge is 0.406 e. The Bertz CT molecular complexity index is 684. The number of amides is 1. The summed E-state index contributed by atoms with van der Waals surface area (Å²) in [6, 6.07) is 10.5. The molecule has 2 aromatic rings. The van der Waals surface area contributed by atoms with Gasteiger partial charge in [0, 0.05) is 19.3 Å². The molecule has 1 aromatic carbocycles. The number of aromatic nitrogens is 1. The lowest BCUT2D eigenvalue weighted by molar-refractivity contribution is -0.274. The average Bonchev–Trinajstić information content (AvgIpc) is 2.47. The number of hydrogen-bond acceptors (Lipinski definition) is 3. The zero-order chi connectivity index (χ0) is 17.0. The fraction of sp³-hybridized carbons (Fsp3) is 0.250. The number of nitrogens with zero attached hydrogens (tertiary/aromatic N) is 2. The fourth-order valence-corrected chi connectivity index (χ4v) is 2.00. The van der Waals surface area contributed by atoms with Gasteiger partial charge in [0.15, 0.2) is 0 Å². The summed E-state index contributed by atoms with van der Waals surface area (Å²) < 4.78 is 40.1. The minimum atomic E-state index is -4.72. The summed E-state index contributed by atoms with van der Waals surface area (Å²) in [6.07, 6.45) is -4.72. The van der Waals surface area contributed by atoms with Gasteiger partial charge in [0.1, 0.15) is 11.4 Å². The summed E-state index contributed by atoms with van der Waals surface area (Å²) in [5, 5.41) is 0. The maximum atomic E-state index is 12.2. The van der Waals surface area contributed by atoms with Gasteiger partial charge in [0.05, 0.1) is 0 Å². The Kier molecular flexibility index (Phi) is 4.88. The van der Waals surface area contributed by atoms with Crippen molar-refractivity contribution in [2.24, 2.45) is 0 Å². The zero-order valence-electron chi connectivity index (χ0n) is 12.6. The minimum absolute atomic E-state index is 0.251. The summed E-state index contributed by atoms with van der Waals surface area (Å²) in [6.45, 7) is 2.04. The second kappa shape index (κ2) is 6.68. The van der Waals surface area contributed by atoms with E-state index in [-0.39, 0.29) is 18.2 Å². The molecule has 0 aliphatic rings. The highest BCUT2D eigenvalue weighted by atomic mass is 19.4. The molecule has 0 atom stereocenters. The van der Waals surface area contributed by atoms with Gasteiger partial charge in [0.2, 0.25) is 0 Å². The molecule has 23 heavy (non-hydrogen) atoms. The van der Waals surface area contributed by atoms with E-state index in [0.29, 0.717) is 11.3 Å². The number of hydrogen-bond donors (Lipinski definition) is 0. The molecule has 0 saturated carbocycles. The largest absolute Gasteiger partial charge is 0.573 e. The van der Waals surface area contributed by atoms with Crippen LogP contribution in [0.4, 0.5) is 13.2 Å². The van der Waals surface area contributed by atoms with E-state index in [0.717, 1.165) is 5.69 Å². The molecule has 0 aliphatic carbocycles. The molecule has 1 heterocycles. The summed E-state index contributed by atoms with van der Waals surface area (Å²) in [7, 11) is 1.60. The van der Waals surface area contributed by atoms with Crippen LogP contribution in [0.1, 0.15) is 21.7 Å². The second-order valence-electron chi connectivity index (χ2n) is 5.02. The van der Waals surface area contributed by atoms with Gasteiger partial charge in [-0.25, -0.2) is 4.98 Å². The van der Waals surface area contributed by atoms with Crippen LogP contribution in [-0.4, -0.2) is 29.2 Å². The van der Waals surface area contributed by atoms with Crippen molar-refractivity contribution >= 4 is 5.91 Å². The van der Waals surface area contributed by atoms with Crippen molar-refractivity contribution in [1.82, 2.24) is 9.88 Å². The topological polar surface area (TPSA) is 42.4 Å². The van der Waals surface area contributed by atoms with Crippen LogP contribution in [0.3, 0.4) is 0 Å². The summed E-state index contributed by atoms with van der Waals surface area (Å²) >= 11 is 0. The number of alkyl halides is 3. The van der Waals surface area contributed by atoms with E-state index in [1.165, 1.54) is 29.2 Å². The number of benzene rings is 1. The molecular weight excluding hydrogens is 309 g/mol. The van der Waals surface area contributed by atoms with Crippen LogP contribution in [0.2, 0.25) is 0 Å². The highest BCUT2D eigenvalue weighted by Crippen LogP contribution is 2.23. The fourth-order valence-electron chi connectivity index (χ4n) is 2.00. The van der Waals surface area contributed by atoms with Crippen molar-refractivity contribution in [1.29, 1.82) is 0 Å². The van der Waals surface area contributed by atoms with Gasteiger partial charge in [-0.15, -0.1) is 13.2 Å². The molecule has 0 aliphatic heterocycles. The molecule has 0 unspecified atom stereocenters. The molecule has 4 nitrogen and oxygen atoms in total. The molecule has 0 N–H and O–H groups in total. The third-order valence-electron chi connectivity index (χ3n) is 3.03. The second-order valence-corrected chi connectivity index (χ2v) is 5.02. The minimum Gasteiger partial charge on any atom is -0.406 e. The first-order valence-electron chi connectivity index (χ1n) is 6.78. The van der Waals surface area contributed by atoms with E-state index in [9.17, 15) is 18.0 Å². The van der Waals surface area contributed by atoms with Crippen molar-refractivity contribution in [3.05, 3.63) is 59.4 Å². The highest BCUT2D eigenvalue weighted by molar-refractivity contribution is 5.92. The van der Waals surface area contributed by atoms with Gasteiger partial charge in [-0.1, -0.05) is 18.2 Å². The standard InChI is InChI=1S/C16H15F3N2O2/c1-11-4-3-5-14(20-11)15(22)21(2)10-12-6-8-13(9-7-12)23-16(17,18)19/h3-9H,10H2,1-2H3. The Morgan fingerprint density at radius 2 is 1.83 bits per heavy atom. The third kappa shape index (κ3) is 4.98. The molecule has 0 bridgehead atoms. The van der Waals surface area contributed by atoms with E-state index in [1.54, 1.807) is 32.2 Å². The van der Waals surface area contributed by atoms with Crippen LogP contribution in [-0.2, 0) is 6.54 Å². The average molecular weight is 324 g/mol. The number of pyridine rings is 1. The van der Waals surface area contributed by atoms with Crippen molar-refractivity contribution in [3.63, 3.8) is 0 Å². The van der Waals surface area contributed by atoms with Gasteiger partial charge in [-0.05, 0) is 36.8 Å². The van der Waals surface area contributed by atoms with Crippen LogP contribution < -0.4 is 4.74 Å². The molecule has 0 saturated heterocycles. The monoisotopic (exact) mass is 324 g/mol. The van der Waals surface area contributed by atoms with Crippen LogP contribution in [0.5, 0.6) is 5.75 Å². The Labute approximate surface area is 131 Å². The van der Waals surface area contributed by atoms with Crippen LogP contribution in [0.15, 0.2) is 42.5 Å². The van der Waals surface area contributed by atoms with E-state index in [1.807, 2.05) is 0 Å². The Morgan fingerprint density at radius 3 is 2.39 bits per heavy atom. The normalized spacial score (nSPS) is 11.2. The molecule has 1 aromatic heterocycles. The van der Waals surface area contributed by atoms with Gasteiger partial charge < -0.3 is 9.64 Å². The number of rotatable bonds is 4. The molecule has 1 amide bonds. The summed E-state index contributed by atoms with van der Waals surface area (Å²) in [5.74, 6) is -0.556. The maximum absolute atomic E-state index is 12.2. The number of carbonyl (C=O) groups excluding carboxylic acids is 1. The lowest BCUT2D eigenvalue weighted by Crippen LogP contribution is -2.27. The Hall–Kier alpha value is -2.57. The summed E-state index contributed by atoms with van der Waals surface area (Å²) in [5.41, 5.74) is 1.74. The molecule has 2 rings (SSSR count). The van der Waals surface area contributed by atoms with Crippen LogP contribution in [0.25, 0.3) is 0 Å². The summed E-state index contributed by atoms with van der Waals surface area (Å²) in [4.78, 5) is 17.8. The van der Waals surface area contributed by atoms with E-state index >= 15 is 0 Å². The number of ether oxygens (including phenoxy) is 1. The molecule has 0 spiro atoms. The first-order chi connectivity index (χ1) is 10.7. The number of halogens is 3. The van der Waals surface area contributed by atoms with Crippen molar-refractivity contribution < 1.29 is 22.7 Å². The predicted molar refractivity (Wildman–Crippen MR) is 77.9 cm³/mol. The number of aryl methyl sites for hydroxylation is 1. The van der Waals surface area contributed by atoms with E-state index in [4.69, 9.17) is 0 Å². The molecule has 7 heteroatoms. The SMILES string of the molecule is Cc1cccc(C(=O)N(C)Cc2ccc(OC(F)(F)F)cc2)n1. The third-order valence-corrected chi connectivity index (χ3v) is 3.03. The van der Waals surface area contributed by atoms with Gasteiger partial charge >= 0.3 is 6.36 Å². The van der Waals surface area contributed by atoms with Crippen LogP contribution >= 0.6 is 0 Å². The lowest BCUT2D eigenvalue weighted by Gasteiger charge is -2.17. The van der Waals surface area contributed by atoms with E-state index < -0.39 is 6.36 Å². The van der Waals surface area contributed by atoms with Crippen molar-refractivity contribution in [3.8, 4) is 5.75 Å². The van der Waals surface area contributed by atoms with E-state index in [2.05, 4.69) is 9.72 Å². The maximum Gasteiger partial charge on any atom is 0.573 e. The molecule has 122 valence electrons. The first-order valence-corrected chi connectivity index (χ1v) is 6.78. The molecular formula is C16H15F3N2O2.